The summed E-state index contributed by atoms with van der Waals surface area (Å²) < 4.78 is 0. The molecular weight excluding hydrogens is 208 g/mol. The van der Waals surface area contributed by atoms with Crippen LogP contribution in [0.15, 0.2) is 11.0 Å². The Morgan fingerprint density at radius 2 is 2.29 bits per heavy atom. The highest BCUT2D eigenvalue weighted by Crippen LogP contribution is 2.48. The Balaban J connectivity index is 2.63. The van der Waals surface area contributed by atoms with Gasteiger partial charge in [-0.15, -0.1) is 0 Å². The normalized spacial score (nSPS) is 17.8. The molecule has 0 unspecified atom stereocenters. The standard InChI is InChI=1S/C8H7ClN2O3/c9-4-3-10-11-6(12)5(4)8(1-2-8)7(13)14/h3H,1-2H2,(H,11,12)(H,13,14). The number of rotatable bonds is 2. The van der Waals surface area contributed by atoms with Crippen LogP contribution in [-0.2, 0) is 10.2 Å². The Labute approximate surface area is 83.7 Å². The average molecular weight is 215 g/mol. The molecule has 0 spiro atoms. The maximum atomic E-state index is 11.4. The third kappa shape index (κ3) is 1.13. The third-order valence-electron chi connectivity index (χ3n) is 2.45. The summed E-state index contributed by atoms with van der Waals surface area (Å²) >= 11 is 5.75. The molecule has 0 atom stereocenters. The number of aliphatic carboxylic acids is 1. The number of aromatic amines is 1. The van der Waals surface area contributed by atoms with E-state index in [1.807, 2.05) is 0 Å². The highest BCUT2D eigenvalue weighted by atomic mass is 35.5. The quantitative estimate of drug-likeness (QED) is 0.753. The highest BCUT2D eigenvalue weighted by molar-refractivity contribution is 6.31. The van der Waals surface area contributed by atoms with Crippen LogP contribution in [0, 0.1) is 0 Å². The number of carbonyl (C=O) groups is 1. The van der Waals surface area contributed by atoms with E-state index in [0.717, 1.165) is 0 Å². The second-order valence-electron chi connectivity index (χ2n) is 3.31. The molecule has 0 aromatic carbocycles. The van der Waals surface area contributed by atoms with E-state index >= 15 is 0 Å². The second kappa shape index (κ2) is 2.81. The van der Waals surface area contributed by atoms with Crippen molar-refractivity contribution in [2.45, 2.75) is 18.3 Å². The van der Waals surface area contributed by atoms with Crippen LogP contribution in [0.1, 0.15) is 18.4 Å². The summed E-state index contributed by atoms with van der Waals surface area (Å²) in [5.41, 5.74) is -1.47. The van der Waals surface area contributed by atoms with Crippen molar-refractivity contribution in [2.24, 2.45) is 0 Å². The van der Waals surface area contributed by atoms with Crippen LogP contribution in [0.5, 0.6) is 0 Å². The van der Waals surface area contributed by atoms with Gasteiger partial charge in [0.25, 0.3) is 5.56 Å². The van der Waals surface area contributed by atoms with Crippen LogP contribution < -0.4 is 5.56 Å². The third-order valence-corrected chi connectivity index (χ3v) is 2.73. The van der Waals surface area contributed by atoms with Crippen LogP contribution >= 0.6 is 11.6 Å². The molecule has 5 nitrogen and oxygen atoms in total. The molecule has 0 amide bonds. The maximum absolute atomic E-state index is 11.4. The van der Waals surface area contributed by atoms with Gasteiger partial charge in [-0.1, -0.05) is 11.6 Å². The van der Waals surface area contributed by atoms with Gasteiger partial charge in [0.2, 0.25) is 0 Å². The van der Waals surface area contributed by atoms with Crippen molar-refractivity contribution in [2.75, 3.05) is 0 Å². The fraction of sp³-hybridized carbons (Fsp3) is 0.375. The lowest BCUT2D eigenvalue weighted by Gasteiger charge is -2.09. The predicted molar refractivity (Wildman–Crippen MR) is 48.4 cm³/mol. The summed E-state index contributed by atoms with van der Waals surface area (Å²) in [5, 5.41) is 14.8. The summed E-state index contributed by atoms with van der Waals surface area (Å²) in [6.45, 7) is 0. The van der Waals surface area contributed by atoms with Crippen molar-refractivity contribution >= 4 is 17.6 Å². The Morgan fingerprint density at radius 3 is 2.71 bits per heavy atom. The average Bonchev–Trinajstić information content (AvgIpc) is 2.85. The zero-order valence-corrected chi connectivity index (χ0v) is 7.84. The topological polar surface area (TPSA) is 83.0 Å². The van der Waals surface area contributed by atoms with Gasteiger partial charge in [-0.2, -0.15) is 5.10 Å². The van der Waals surface area contributed by atoms with Crippen LogP contribution in [-0.4, -0.2) is 21.3 Å². The monoisotopic (exact) mass is 214 g/mol. The Morgan fingerprint density at radius 1 is 1.64 bits per heavy atom. The van der Waals surface area contributed by atoms with E-state index < -0.39 is 16.9 Å². The van der Waals surface area contributed by atoms with Gasteiger partial charge in [0, 0.05) is 0 Å². The second-order valence-corrected chi connectivity index (χ2v) is 3.72. The van der Waals surface area contributed by atoms with E-state index in [1.165, 1.54) is 6.20 Å². The fourth-order valence-electron chi connectivity index (χ4n) is 1.52. The maximum Gasteiger partial charge on any atom is 0.314 e. The Hall–Kier alpha value is -1.36. The number of nitrogens with zero attached hydrogens (tertiary/aromatic N) is 1. The van der Waals surface area contributed by atoms with Crippen molar-refractivity contribution in [3.63, 3.8) is 0 Å². The molecule has 0 bridgehead atoms. The number of hydrogen-bond donors (Lipinski definition) is 2. The van der Waals surface area contributed by atoms with Gasteiger partial charge in [0.05, 0.1) is 22.2 Å². The lowest BCUT2D eigenvalue weighted by molar-refractivity contribution is -0.140. The van der Waals surface area contributed by atoms with E-state index in [2.05, 4.69) is 10.2 Å². The van der Waals surface area contributed by atoms with E-state index in [4.69, 9.17) is 16.7 Å². The summed E-state index contributed by atoms with van der Waals surface area (Å²) in [5.74, 6) is -1.00. The molecule has 6 heteroatoms. The molecule has 0 radical (unpaired) electrons. The van der Waals surface area contributed by atoms with Crippen molar-refractivity contribution in [1.29, 1.82) is 0 Å². The summed E-state index contributed by atoms with van der Waals surface area (Å²) in [6, 6.07) is 0. The van der Waals surface area contributed by atoms with Crippen molar-refractivity contribution < 1.29 is 9.90 Å². The van der Waals surface area contributed by atoms with E-state index in [-0.39, 0.29) is 10.6 Å². The SMILES string of the molecule is O=C(O)C1(c2c(Cl)cn[nH]c2=O)CC1. The van der Waals surface area contributed by atoms with Gasteiger partial charge in [-0.05, 0) is 12.8 Å². The fourth-order valence-corrected chi connectivity index (χ4v) is 1.83. The number of carboxylic acids is 1. The molecule has 2 rings (SSSR count). The van der Waals surface area contributed by atoms with Crippen LogP contribution in [0.25, 0.3) is 0 Å². The minimum atomic E-state index is -1.08. The summed E-state index contributed by atoms with van der Waals surface area (Å²) in [4.78, 5) is 22.3. The Kier molecular flexibility index (Phi) is 1.85. The molecule has 1 aromatic heterocycles. The molecule has 1 fully saturated rings. The number of H-pyrrole nitrogens is 1. The van der Waals surface area contributed by atoms with E-state index in [1.54, 1.807) is 0 Å². The van der Waals surface area contributed by atoms with Crippen LogP contribution in [0.2, 0.25) is 5.02 Å². The van der Waals surface area contributed by atoms with Gasteiger partial charge in [-0.25, -0.2) is 5.10 Å². The molecule has 1 aliphatic carbocycles. The predicted octanol–water partition coefficient (Wildman–Crippen LogP) is 0.539. The zero-order valence-electron chi connectivity index (χ0n) is 7.08. The van der Waals surface area contributed by atoms with Crippen LogP contribution in [0.4, 0.5) is 0 Å². The molecule has 0 saturated heterocycles. The summed E-state index contributed by atoms with van der Waals surface area (Å²) in [6.07, 6.45) is 2.16. The van der Waals surface area contributed by atoms with Gasteiger partial charge < -0.3 is 5.11 Å². The smallest absolute Gasteiger partial charge is 0.314 e. The van der Waals surface area contributed by atoms with Gasteiger partial charge in [-0.3, -0.25) is 9.59 Å². The molecular formula is C8H7ClN2O3. The van der Waals surface area contributed by atoms with Gasteiger partial charge in [0.1, 0.15) is 0 Å². The molecule has 14 heavy (non-hydrogen) atoms. The van der Waals surface area contributed by atoms with Gasteiger partial charge in [0.15, 0.2) is 0 Å². The largest absolute Gasteiger partial charge is 0.481 e. The minimum Gasteiger partial charge on any atom is -0.481 e. The van der Waals surface area contributed by atoms with Crippen molar-refractivity contribution in [3.05, 3.63) is 27.1 Å². The Bertz CT molecular complexity index is 450. The molecule has 1 saturated carbocycles. The lowest BCUT2D eigenvalue weighted by Crippen LogP contribution is -2.29. The molecule has 0 aliphatic heterocycles. The van der Waals surface area contributed by atoms with Crippen molar-refractivity contribution in [3.8, 4) is 0 Å². The molecule has 2 N–H and O–H groups in total. The van der Waals surface area contributed by atoms with E-state index in [9.17, 15) is 9.59 Å². The van der Waals surface area contributed by atoms with Crippen molar-refractivity contribution in [1.82, 2.24) is 10.2 Å². The number of aromatic nitrogens is 2. The number of hydrogen-bond acceptors (Lipinski definition) is 3. The number of nitrogens with one attached hydrogen (secondary N) is 1. The molecule has 1 heterocycles. The minimum absolute atomic E-state index is 0.119. The van der Waals surface area contributed by atoms with E-state index in [0.29, 0.717) is 12.8 Å². The first kappa shape index (κ1) is 9.21. The molecule has 74 valence electrons. The number of carboxylic acid groups (broad SMARTS) is 1. The van der Waals surface area contributed by atoms with Gasteiger partial charge >= 0.3 is 5.97 Å². The van der Waals surface area contributed by atoms with Crippen LogP contribution in [0.3, 0.4) is 0 Å². The first-order valence-electron chi connectivity index (χ1n) is 4.05. The zero-order chi connectivity index (χ0) is 10.3. The lowest BCUT2D eigenvalue weighted by atomic mass is 9.98. The first-order chi connectivity index (χ1) is 6.58. The highest BCUT2D eigenvalue weighted by Gasteiger charge is 2.54. The molecule has 1 aliphatic rings. The molecule has 1 aromatic rings. The summed E-state index contributed by atoms with van der Waals surface area (Å²) in [7, 11) is 0. The first-order valence-corrected chi connectivity index (χ1v) is 4.43. The number of halogens is 1.